The highest BCUT2D eigenvalue weighted by atomic mass is 35.5. The Morgan fingerprint density at radius 3 is 2.52 bits per heavy atom. The number of hydrogen-bond acceptors (Lipinski definition) is 5. The Morgan fingerprint density at radius 2 is 1.93 bits per heavy atom. The van der Waals surface area contributed by atoms with Gasteiger partial charge in [0.1, 0.15) is 12.1 Å². The Hall–Kier alpha value is -0.950. The van der Waals surface area contributed by atoms with E-state index in [9.17, 15) is 5.11 Å². The molecule has 1 heterocycles. The van der Waals surface area contributed by atoms with Crippen molar-refractivity contribution in [2.75, 3.05) is 6.61 Å². The lowest BCUT2D eigenvalue weighted by atomic mass is 9.73. The van der Waals surface area contributed by atoms with Crippen LogP contribution in [0.25, 0.3) is 0 Å². The molecule has 1 unspecified atom stereocenters. The van der Waals surface area contributed by atoms with Crippen LogP contribution in [0.4, 0.5) is 0 Å². The van der Waals surface area contributed by atoms with E-state index < -0.39 is 5.60 Å². The van der Waals surface area contributed by atoms with Gasteiger partial charge < -0.3 is 9.84 Å². The lowest BCUT2D eigenvalue weighted by Crippen LogP contribution is -2.46. The van der Waals surface area contributed by atoms with Crippen molar-refractivity contribution in [1.82, 2.24) is 14.8 Å². The van der Waals surface area contributed by atoms with E-state index in [4.69, 9.17) is 27.9 Å². The molecule has 0 amide bonds. The van der Waals surface area contributed by atoms with Crippen molar-refractivity contribution in [2.24, 2.45) is 5.41 Å². The molecule has 1 N–H and O–H groups in total. The maximum atomic E-state index is 11.3. The summed E-state index contributed by atoms with van der Waals surface area (Å²) in [5, 5.41) is 17.0. The van der Waals surface area contributed by atoms with Gasteiger partial charge in [0.2, 0.25) is 0 Å². The third-order valence-electron chi connectivity index (χ3n) is 4.79. The number of halogens is 2. The zero-order chi connectivity index (χ0) is 20.1. The summed E-state index contributed by atoms with van der Waals surface area (Å²) < 4.78 is 7.35. The van der Waals surface area contributed by atoms with Crippen molar-refractivity contribution in [2.45, 2.75) is 63.8 Å². The number of benzene rings is 1. The minimum atomic E-state index is -0.904. The van der Waals surface area contributed by atoms with Gasteiger partial charge in [-0.1, -0.05) is 50.4 Å². The number of nitrogens with zero attached hydrogens (tertiary/aromatic N) is 3. The topological polar surface area (TPSA) is 60.2 Å². The predicted molar refractivity (Wildman–Crippen MR) is 112 cm³/mol. The summed E-state index contributed by atoms with van der Waals surface area (Å²) in [5.74, 6) is 0.639. The summed E-state index contributed by atoms with van der Waals surface area (Å²) >= 11 is 16.3. The third-order valence-corrected chi connectivity index (χ3v) is 5.67. The number of thiol groups is 1. The number of unbranched alkanes of at least 4 members (excludes halogenated alkanes) is 2. The van der Waals surface area contributed by atoms with Crippen molar-refractivity contribution in [3.05, 3.63) is 34.6 Å². The monoisotopic (exact) mass is 431 g/mol. The molecule has 0 fully saturated rings. The quantitative estimate of drug-likeness (QED) is 0.418. The highest BCUT2D eigenvalue weighted by Gasteiger charge is 2.40. The molecule has 0 bridgehead atoms. The van der Waals surface area contributed by atoms with E-state index in [1.165, 1.54) is 6.33 Å². The molecular weight excluding hydrogens is 405 g/mol. The second-order valence-electron chi connectivity index (χ2n) is 7.73. The molecule has 0 aliphatic rings. The molecule has 0 spiro atoms. The van der Waals surface area contributed by atoms with E-state index in [2.05, 4.69) is 22.7 Å². The smallest absolute Gasteiger partial charge is 0.183 e. The summed E-state index contributed by atoms with van der Waals surface area (Å²) in [6.45, 7) is 7.04. The Morgan fingerprint density at radius 1 is 1.19 bits per heavy atom. The van der Waals surface area contributed by atoms with E-state index in [0.717, 1.165) is 19.3 Å². The first-order chi connectivity index (χ1) is 12.6. The van der Waals surface area contributed by atoms with Crippen LogP contribution in [0.3, 0.4) is 0 Å². The van der Waals surface area contributed by atoms with E-state index in [1.807, 2.05) is 20.8 Å². The molecule has 0 aliphatic heterocycles. The average Bonchev–Trinajstić information content (AvgIpc) is 2.96. The summed E-state index contributed by atoms with van der Waals surface area (Å²) in [4.78, 5) is 4.01. The number of hydrogen-bond donors (Lipinski definition) is 2. The van der Waals surface area contributed by atoms with Crippen LogP contribution in [0.5, 0.6) is 5.75 Å². The van der Waals surface area contributed by atoms with Crippen LogP contribution in [0.2, 0.25) is 10.0 Å². The zero-order valence-electron chi connectivity index (χ0n) is 16.0. The first kappa shape index (κ1) is 22.3. The first-order valence-corrected chi connectivity index (χ1v) is 10.2. The molecule has 0 saturated heterocycles. The largest absolute Gasteiger partial charge is 0.492 e. The summed E-state index contributed by atoms with van der Waals surface area (Å²) in [7, 11) is 0. The molecule has 0 saturated carbocycles. The Kier molecular flexibility index (Phi) is 7.86. The highest BCUT2D eigenvalue weighted by Crippen LogP contribution is 2.36. The van der Waals surface area contributed by atoms with Crippen molar-refractivity contribution >= 4 is 35.8 Å². The van der Waals surface area contributed by atoms with Crippen molar-refractivity contribution in [3.63, 3.8) is 0 Å². The van der Waals surface area contributed by atoms with Gasteiger partial charge in [-0.25, -0.2) is 9.67 Å². The lowest BCUT2D eigenvalue weighted by Gasteiger charge is -2.40. The van der Waals surface area contributed by atoms with Crippen LogP contribution in [0.1, 0.15) is 46.5 Å². The van der Waals surface area contributed by atoms with Gasteiger partial charge in [0.25, 0.3) is 0 Å². The van der Waals surface area contributed by atoms with E-state index >= 15 is 0 Å². The van der Waals surface area contributed by atoms with Gasteiger partial charge in [-0.05, 0) is 42.9 Å². The number of aliphatic hydroxyl groups is 1. The molecule has 0 radical (unpaired) electrons. The molecular formula is C19H27Cl2N3O2S. The maximum Gasteiger partial charge on any atom is 0.183 e. The normalized spacial score (nSPS) is 14.2. The SMILES string of the molecule is CC(C)(C)C(O)(CCCCCOc1ccc(Cl)cc1Cl)Cn1ncnc1S. The van der Waals surface area contributed by atoms with Crippen molar-refractivity contribution < 1.29 is 9.84 Å². The van der Waals surface area contributed by atoms with Crippen molar-refractivity contribution in [1.29, 1.82) is 0 Å². The fourth-order valence-corrected chi connectivity index (χ4v) is 3.42. The van der Waals surface area contributed by atoms with Crippen LogP contribution in [-0.2, 0) is 6.54 Å². The molecule has 2 aromatic rings. The van der Waals surface area contributed by atoms with Gasteiger partial charge in [0.05, 0.1) is 23.8 Å². The second kappa shape index (κ2) is 9.50. The number of rotatable bonds is 9. The Balaban J connectivity index is 1.81. The third kappa shape index (κ3) is 6.28. The molecule has 5 nitrogen and oxygen atoms in total. The number of ether oxygens (including phenoxy) is 1. The van der Waals surface area contributed by atoms with Crippen LogP contribution in [0.15, 0.2) is 29.7 Å². The zero-order valence-corrected chi connectivity index (χ0v) is 18.4. The van der Waals surface area contributed by atoms with Gasteiger partial charge in [-0.2, -0.15) is 5.10 Å². The van der Waals surface area contributed by atoms with Crippen molar-refractivity contribution in [3.8, 4) is 5.75 Å². The lowest BCUT2D eigenvalue weighted by molar-refractivity contribution is -0.0831. The highest BCUT2D eigenvalue weighted by molar-refractivity contribution is 7.80. The number of aromatic nitrogens is 3. The second-order valence-corrected chi connectivity index (χ2v) is 8.98. The standard InChI is InChI=1S/C19H27Cl2N3O2S/c1-18(2,3)19(25,12-24-17(27)22-13-23-24)9-5-4-6-10-26-16-8-7-14(20)11-15(16)21/h7-8,11,13,25H,4-6,9-10,12H2,1-3H3,(H,22,23,27). The molecule has 1 atom stereocenters. The van der Waals surface area contributed by atoms with Crippen LogP contribution in [-0.4, -0.2) is 32.1 Å². The minimum absolute atomic E-state index is 0.299. The van der Waals surface area contributed by atoms with E-state index in [0.29, 0.717) is 40.5 Å². The fourth-order valence-electron chi connectivity index (χ4n) is 2.78. The van der Waals surface area contributed by atoms with Gasteiger partial charge in [0, 0.05) is 5.02 Å². The summed E-state index contributed by atoms with van der Waals surface area (Å²) in [6.07, 6.45) is 4.80. The van der Waals surface area contributed by atoms with Crippen LogP contribution < -0.4 is 4.74 Å². The first-order valence-electron chi connectivity index (χ1n) is 8.99. The molecule has 0 aliphatic carbocycles. The van der Waals surface area contributed by atoms with Gasteiger partial charge in [-0.3, -0.25) is 0 Å². The maximum absolute atomic E-state index is 11.3. The molecule has 27 heavy (non-hydrogen) atoms. The molecule has 150 valence electrons. The molecule has 1 aromatic carbocycles. The molecule has 8 heteroatoms. The molecule has 1 aromatic heterocycles. The van der Waals surface area contributed by atoms with Crippen LogP contribution >= 0.6 is 35.8 Å². The average molecular weight is 432 g/mol. The van der Waals surface area contributed by atoms with Gasteiger partial charge in [0.15, 0.2) is 5.16 Å². The Labute approximate surface area is 176 Å². The summed E-state index contributed by atoms with van der Waals surface area (Å²) in [5.41, 5.74) is -1.20. The Bertz CT molecular complexity index is 749. The van der Waals surface area contributed by atoms with Crippen LogP contribution in [0, 0.1) is 5.41 Å². The van der Waals surface area contributed by atoms with E-state index in [1.54, 1.807) is 22.9 Å². The summed E-state index contributed by atoms with van der Waals surface area (Å²) in [6, 6.07) is 5.20. The predicted octanol–water partition coefficient (Wildman–Crippen LogP) is 5.29. The minimum Gasteiger partial charge on any atom is -0.492 e. The molecule has 2 rings (SSSR count). The van der Waals surface area contributed by atoms with E-state index in [-0.39, 0.29) is 5.41 Å². The van der Waals surface area contributed by atoms with Gasteiger partial charge in [-0.15, -0.1) is 12.6 Å². The van der Waals surface area contributed by atoms with Gasteiger partial charge >= 0.3 is 0 Å². The fraction of sp³-hybridized carbons (Fsp3) is 0.579.